The summed E-state index contributed by atoms with van der Waals surface area (Å²) in [6.45, 7) is 5.55. The number of nitrogen functional groups attached to an aromatic ring is 1. The van der Waals surface area contributed by atoms with Crippen molar-refractivity contribution in [3.8, 4) is 6.07 Å². The van der Waals surface area contributed by atoms with Crippen molar-refractivity contribution in [1.82, 2.24) is 14.7 Å². The lowest BCUT2D eigenvalue weighted by atomic mass is 10.2. The number of nitriles is 1. The number of hydrogen-bond acceptors (Lipinski definition) is 5. The first-order valence-electron chi connectivity index (χ1n) is 7.11. The molecule has 1 saturated carbocycles. The van der Waals surface area contributed by atoms with E-state index in [2.05, 4.69) is 16.1 Å². The van der Waals surface area contributed by atoms with Crippen molar-refractivity contribution in [3.63, 3.8) is 0 Å². The molecule has 1 atom stereocenters. The third-order valence-electron chi connectivity index (χ3n) is 3.84. The normalized spacial score (nSPS) is 16.4. The third-order valence-corrected chi connectivity index (χ3v) is 3.84. The van der Waals surface area contributed by atoms with Gasteiger partial charge in [-0.1, -0.05) is 0 Å². The fraction of sp³-hybridized carbons (Fsp3) is 0.714. The van der Waals surface area contributed by atoms with Gasteiger partial charge < -0.3 is 10.8 Å². The molecule has 1 unspecified atom stereocenters. The van der Waals surface area contributed by atoms with Crippen LogP contribution in [0.15, 0.2) is 0 Å². The molecule has 2 rings (SSSR count). The smallest absolute Gasteiger partial charge is 0.0862 e. The molecule has 0 radical (unpaired) electrons. The van der Waals surface area contributed by atoms with Crippen LogP contribution in [0.25, 0.3) is 0 Å². The molecule has 0 amide bonds. The highest BCUT2D eigenvalue weighted by Crippen LogP contribution is 2.27. The number of hydrogen-bond donors (Lipinski definition) is 2. The first kappa shape index (κ1) is 14.8. The highest BCUT2D eigenvalue weighted by Gasteiger charge is 2.30. The van der Waals surface area contributed by atoms with E-state index in [4.69, 9.17) is 11.0 Å². The van der Waals surface area contributed by atoms with Crippen molar-refractivity contribution in [1.29, 1.82) is 5.26 Å². The summed E-state index contributed by atoms with van der Waals surface area (Å²) in [5.41, 5.74) is 8.29. The fourth-order valence-corrected chi connectivity index (χ4v) is 2.47. The second kappa shape index (κ2) is 6.25. The van der Waals surface area contributed by atoms with Crippen LogP contribution in [0, 0.1) is 25.2 Å². The Kier molecular flexibility index (Phi) is 4.63. The van der Waals surface area contributed by atoms with E-state index in [1.54, 1.807) is 4.68 Å². The number of rotatable bonds is 7. The van der Waals surface area contributed by atoms with Crippen LogP contribution >= 0.6 is 0 Å². The maximum atomic E-state index is 10.2. The predicted octanol–water partition coefficient (Wildman–Crippen LogP) is 0.821. The molecular weight excluding hydrogens is 254 g/mol. The first-order chi connectivity index (χ1) is 9.52. The monoisotopic (exact) mass is 277 g/mol. The van der Waals surface area contributed by atoms with E-state index in [9.17, 15) is 5.11 Å². The minimum atomic E-state index is -0.494. The molecular formula is C14H23N5O. The molecule has 1 fully saturated rings. The van der Waals surface area contributed by atoms with Gasteiger partial charge in [-0.2, -0.15) is 10.4 Å². The molecule has 6 nitrogen and oxygen atoms in total. The summed E-state index contributed by atoms with van der Waals surface area (Å²) in [6.07, 6.45) is 2.36. The minimum Gasteiger partial charge on any atom is -0.396 e. The molecule has 0 spiro atoms. The molecule has 20 heavy (non-hydrogen) atoms. The number of anilines is 1. The van der Waals surface area contributed by atoms with Crippen molar-refractivity contribution < 1.29 is 5.11 Å². The van der Waals surface area contributed by atoms with Crippen LogP contribution in [-0.4, -0.2) is 45.0 Å². The Labute approximate surface area is 119 Å². The molecule has 110 valence electrons. The molecule has 0 aliphatic heterocycles. The van der Waals surface area contributed by atoms with Crippen molar-refractivity contribution in [2.24, 2.45) is 0 Å². The Balaban J connectivity index is 1.91. The van der Waals surface area contributed by atoms with Crippen LogP contribution in [0.3, 0.4) is 0 Å². The van der Waals surface area contributed by atoms with E-state index in [-0.39, 0.29) is 0 Å². The zero-order valence-corrected chi connectivity index (χ0v) is 12.2. The maximum absolute atomic E-state index is 10.2. The molecule has 0 aromatic carbocycles. The number of aliphatic hydroxyl groups excluding tert-OH is 1. The largest absolute Gasteiger partial charge is 0.396 e. The fourth-order valence-electron chi connectivity index (χ4n) is 2.47. The van der Waals surface area contributed by atoms with Crippen molar-refractivity contribution in [2.45, 2.75) is 51.8 Å². The van der Waals surface area contributed by atoms with E-state index in [1.165, 1.54) is 12.8 Å². The molecule has 0 bridgehead atoms. The van der Waals surface area contributed by atoms with Gasteiger partial charge in [-0.05, 0) is 26.7 Å². The van der Waals surface area contributed by atoms with Crippen LogP contribution < -0.4 is 5.73 Å². The van der Waals surface area contributed by atoms with Crippen molar-refractivity contribution >= 4 is 5.69 Å². The van der Waals surface area contributed by atoms with Gasteiger partial charge in [0.15, 0.2) is 0 Å². The molecule has 1 heterocycles. The Bertz CT molecular complexity index is 500. The number of nitrogens with zero attached hydrogens (tertiary/aromatic N) is 4. The van der Waals surface area contributed by atoms with Gasteiger partial charge in [0.1, 0.15) is 0 Å². The average Bonchev–Trinajstić information content (AvgIpc) is 3.21. The van der Waals surface area contributed by atoms with Gasteiger partial charge in [0.05, 0.1) is 35.8 Å². The molecule has 1 aliphatic carbocycles. The summed E-state index contributed by atoms with van der Waals surface area (Å²) in [6, 6.07) is 2.71. The van der Waals surface area contributed by atoms with E-state index in [1.807, 2.05) is 13.8 Å². The molecule has 1 aromatic heterocycles. The van der Waals surface area contributed by atoms with Gasteiger partial charge in [0, 0.05) is 25.6 Å². The van der Waals surface area contributed by atoms with Crippen LogP contribution in [0.4, 0.5) is 5.69 Å². The summed E-state index contributed by atoms with van der Waals surface area (Å²) >= 11 is 0. The Morgan fingerprint density at radius 3 is 2.75 bits per heavy atom. The highest BCUT2D eigenvalue weighted by molar-refractivity contribution is 5.46. The topological polar surface area (TPSA) is 91.1 Å². The summed E-state index contributed by atoms with van der Waals surface area (Å²) in [5.74, 6) is 0. The number of nitrogens with two attached hydrogens (primary N) is 1. The van der Waals surface area contributed by atoms with E-state index in [0.29, 0.717) is 31.2 Å². The summed E-state index contributed by atoms with van der Waals surface area (Å²) < 4.78 is 1.77. The third kappa shape index (κ3) is 3.50. The number of aryl methyl sites for hydroxylation is 1. The summed E-state index contributed by atoms with van der Waals surface area (Å²) in [5, 5.41) is 23.3. The van der Waals surface area contributed by atoms with E-state index >= 15 is 0 Å². The SMILES string of the molecule is Cc1nn(CC(O)CN(CCC#N)C2CC2)c(C)c1N. The second-order valence-corrected chi connectivity index (χ2v) is 5.55. The van der Waals surface area contributed by atoms with Crippen LogP contribution in [0.5, 0.6) is 0 Å². The van der Waals surface area contributed by atoms with Crippen LogP contribution in [0.2, 0.25) is 0 Å². The lowest BCUT2D eigenvalue weighted by Gasteiger charge is -2.24. The summed E-state index contributed by atoms with van der Waals surface area (Å²) in [4.78, 5) is 2.21. The highest BCUT2D eigenvalue weighted by atomic mass is 16.3. The second-order valence-electron chi connectivity index (χ2n) is 5.55. The quantitative estimate of drug-likeness (QED) is 0.770. The van der Waals surface area contributed by atoms with E-state index < -0.39 is 6.10 Å². The van der Waals surface area contributed by atoms with Gasteiger partial charge in [0.25, 0.3) is 0 Å². The minimum absolute atomic E-state index is 0.444. The van der Waals surface area contributed by atoms with Gasteiger partial charge in [-0.3, -0.25) is 9.58 Å². The van der Waals surface area contributed by atoms with Crippen molar-refractivity contribution in [2.75, 3.05) is 18.8 Å². The van der Waals surface area contributed by atoms with Gasteiger partial charge in [0.2, 0.25) is 0 Å². The standard InChI is InChI=1S/C14H23N5O/c1-10-14(16)11(2)19(17-10)9-13(20)8-18(7-3-6-15)12-4-5-12/h12-13,20H,3-5,7-9,16H2,1-2H3. The van der Waals surface area contributed by atoms with Gasteiger partial charge in [-0.15, -0.1) is 0 Å². The summed E-state index contributed by atoms with van der Waals surface area (Å²) in [7, 11) is 0. The molecule has 0 saturated heterocycles. The van der Waals surface area contributed by atoms with Crippen molar-refractivity contribution in [3.05, 3.63) is 11.4 Å². The van der Waals surface area contributed by atoms with E-state index in [0.717, 1.165) is 17.9 Å². The number of aromatic nitrogens is 2. The Morgan fingerprint density at radius 2 is 2.25 bits per heavy atom. The average molecular weight is 277 g/mol. The molecule has 6 heteroatoms. The lowest BCUT2D eigenvalue weighted by Crippen LogP contribution is -2.37. The predicted molar refractivity (Wildman–Crippen MR) is 76.9 cm³/mol. The van der Waals surface area contributed by atoms with Crippen LogP contribution in [0.1, 0.15) is 30.7 Å². The molecule has 1 aromatic rings. The van der Waals surface area contributed by atoms with Crippen LogP contribution in [-0.2, 0) is 6.54 Å². The zero-order chi connectivity index (χ0) is 14.7. The Morgan fingerprint density at radius 1 is 1.55 bits per heavy atom. The molecule has 1 aliphatic rings. The Hall–Kier alpha value is -1.58. The van der Waals surface area contributed by atoms with Gasteiger partial charge >= 0.3 is 0 Å². The first-order valence-corrected chi connectivity index (χ1v) is 7.11. The zero-order valence-electron chi connectivity index (χ0n) is 12.2. The number of aliphatic hydroxyl groups is 1. The van der Waals surface area contributed by atoms with Gasteiger partial charge in [-0.25, -0.2) is 0 Å². The maximum Gasteiger partial charge on any atom is 0.0862 e. The lowest BCUT2D eigenvalue weighted by molar-refractivity contribution is 0.0915. The molecule has 3 N–H and O–H groups in total.